The van der Waals surface area contributed by atoms with Crippen LogP contribution in [-0.4, -0.2) is 28.7 Å². The van der Waals surface area contributed by atoms with Gasteiger partial charge in [0, 0.05) is 10.6 Å². The first-order valence-electron chi connectivity index (χ1n) is 11.7. The number of carboxylic acid groups (broad SMARTS) is 1. The van der Waals surface area contributed by atoms with Crippen molar-refractivity contribution in [2.45, 2.75) is 18.1 Å². The molecule has 0 bridgehead atoms. The molecule has 0 heterocycles. The van der Waals surface area contributed by atoms with Gasteiger partial charge in [0.2, 0.25) is 0 Å². The van der Waals surface area contributed by atoms with Gasteiger partial charge in [-0.2, -0.15) is 0 Å². The van der Waals surface area contributed by atoms with Crippen LogP contribution in [0.5, 0.6) is 11.5 Å². The molecule has 37 heavy (non-hydrogen) atoms. The van der Waals surface area contributed by atoms with E-state index in [1.165, 1.54) is 0 Å². The molecule has 0 saturated carbocycles. The van der Waals surface area contributed by atoms with Gasteiger partial charge in [-0.3, -0.25) is 9.59 Å². The maximum atomic E-state index is 12.4. The Bertz CT molecular complexity index is 1310. The second-order valence-corrected chi connectivity index (χ2v) is 9.66. The predicted molar refractivity (Wildman–Crippen MR) is 148 cm³/mol. The van der Waals surface area contributed by atoms with Crippen LogP contribution in [0.15, 0.2) is 103 Å². The van der Waals surface area contributed by atoms with E-state index in [-0.39, 0.29) is 12.4 Å². The van der Waals surface area contributed by atoms with Crippen molar-refractivity contribution in [3.63, 3.8) is 0 Å². The van der Waals surface area contributed by atoms with Gasteiger partial charge in [0.1, 0.15) is 16.7 Å². The first-order valence-corrected chi connectivity index (χ1v) is 12.9. The Hall–Kier alpha value is -3.74. The number of benzene rings is 4. The third-order valence-corrected chi connectivity index (χ3v) is 6.86. The van der Waals surface area contributed by atoms with Gasteiger partial charge in [0.25, 0.3) is 0 Å². The minimum atomic E-state index is -0.937. The van der Waals surface area contributed by atoms with E-state index in [0.29, 0.717) is 34.9 Å². The van der Waals surface area contributed by atoms with Crippen molar-refractivity contribution in [3.05, 3.63) is 119 Å². The fraction of sp³-hybridized carbons (Fsp3) is 0.133. The molecule has 0 aliphatic heterocycles. The van der Waals surface area contributed by atoms with Crippen LogP contribution in [0.3, 0.4) is 0 Å². The fourth-order valence-electron chi connectivity index (χ4n) is 3.58. The third kappa shape index (κ3) is 7.87. The topological polar surface area (TPSA) is 72.8 Å². The molecule has 0 amide bonds. The minimum absolute atomic E-state index is 0.0687. The molecule has 1 unspecified atom stereocenters. The van der Waals surface area contributed by atoms with Crippen LogP contribution >= 0.6 is 23.6 Å². The number of aryl methyl sites for hydroxylation is 1. The van der Waals surface area contributed by atoms with Gasteiger partial charge in [0.05, 0.1) is 12.0 Å². The van der Waals surface area contributed by atoms with E-state index >= 15 is 0 Å². The maximum absolute atomic E-state index is 12.4. The summed E-state index contributed by atoms with van der Waals surface area (Å²) in [5.74, 6) is 0.00898. The predicted octanol–water partition coefficient (Wildman–Crippen LogP) is 7.38. The second-order valence-electron chi connectivity index (χ2n) is 8.30. The number of aliphatic carboxylic acids is 1. The zero-order valence-electron chi connectivity index (χ0n) is 19.9. The number of hydrogen-bond acceptors (Lipinski definition) is 5. The molecule has 0 aliphatic rings. The van der Waals surface area contributed by atoms with Crippen molar-refractivity contribution in [2.75, 3.05) is 6.61 Å². The number of halogens is 1. The normalized spacial score (nSPS) is 11.5. The highest BCUT2D eigenvalue weighted by Gasteiger charge is 2.20. The van der Waals surface area contributed by atoms with Gasteiger partial charge in [-0.1, -0.05) is 66.2 Å². The Morgan fingerprint density at radius 1 is 0.784 bits per heavy atom. The smallest absolute Gasteiger partial charge is 0.320 e. The molecule has 0 aliphatic carbocycles. The molecule has 0 spiro atoms. The first-order chi connectivity index (χ1) is 18.0. The van der Waals surface area contributed by atoms with E-state index < -0.39 is 11.2 Å². The van der Waals surface area contributed by atoms with E-state index in [9.17, 15) is 14.7 Å². The lowest BCUT2D eigenvalue weighted by Crippen LogP contribution is -2.18. The third-order valence-electron chi connectivity index (χ3n) is 5.65. The number of carbonyl (C=O) groups is 2. The summed E-state index contributed by atoms with van der Waals surface area (Å²) in [6, 6.07) is 31.4. The number of carbonyl (C=O) groups excluding carboxylic acids is 1. The lowest BCUT2D eigenvalue weighted by Gasteiger charge is -2.13. The van der Waals surface area contributed by atoms with Crippen molar-refractivity contribution in [3.8, 4) is 22.6 Å². The first kappa shape index (κ1) is 26.3. The highest BCUT2D eigenvalue weighted by Crippen LogP contribution is 2.26. The number of para-hydroxylation sites is 1. The van der Waals surface area contributed by atoms with Crippen molar-refractivity contribution >= 4 is 35.4 Å². The zero-order valence-corrected chi connectivity index (χ0v) is 21.5. The summed E-state index contributed by atoms with van der Waals surface area (Å²) in [4.78, 5) is 24.1. The summed E-state index contributed by atoms with van der Waals surface area (Å²) in [7, 11) is 0. The standard InChI is InChI=1S/C30H25ClO5S/c31-25-15-11-23(12-16-25)22-9-6-21(7-10-22)8-19-29(30(33)34)37-36-27-17-13-24(14-18-27)28(32)20-35-26-4-2-1-3-5-26/h1-7,9-18,29H,8,19-20H2,(H,33,34). The molecule has 0 aromatic heterocycles. The molecule has 0 saturated heterocycles. The van der Waals surface area contributed by atoms with Gasteiger partial charge in [-0.15, -0.1) is 0 Å². The molecule has 1 atom stereocenters. The van der Waals surface area contributed by atoms with Crippen LogP contribution < -0.4 is 8.92 Å². The maximum Gasteiger partial charge on any atom is 0.320 e. The number of rotatable bonds is 12. The lowest BCUT2D eigenvalue weighted by molar-refractivity contribution is -0.136. The highest BCUT2D eigenvalue weighted by atomic mass is 35.5. The van der Waals surface area contributed by atoms with E-state index in [1.54, 1.807) is 36.4 Å². The largest absolute Gasteiger partial charge is 0.485 e. The number of Topliss-reactive ketones (excluding diaryl/α,β-unsaturated/α-hetero) is 1. The number of carboxylic acids is 1. The van der Waals surface area contributed by atoms with Crippen molar-refractivity contribution in [1.82, 2.24) is 0 Å². The highest BCUT2D eigenvalue weighted by molar-refractivity contribution is 7.96. The van der Waals surface area contributed by atoms with Crippen LogP contribution in [0.25, 0.3) is 11.1 Å². The van der Waals surface area contributed by atoms with Gasteiger partial charge >= 0.3 is 5.97 Å². The number of ketones is 1. The van der Waals surface area contributed by atoms with Gasteiger partial charge < -0.3 is 14.0 Å². The number of hydrogen-bond donors (Lipinski definition) is 1. The molecule has 4 aromatic carbocycles. The van der Waals surface area contributed by atoms with E-state index in [2.05, 4.69) is 0 Å². The summed E-state index contributed by atoms with van der Waals surface area (Å²) >= 11 is 6.86. The SMILES string of the molecule is O=C(COc1ccccc1)c1ccc(OSC(CCc2ccc(-c3ccc(Cl)cc3)cc2)C(=O)O)cc1. The molecule has 4 rings (SSSR count). The van der Waals surface area contributed by atoms with Crippen molar-refractivity contribution in [1.29, 1.82) is 0 Å². The average molecular weight is 533 g/mol. The Morgan fingerprint density at radius 2 is 1.41 bits per heavy atom. The van der Waals surface area contributed by atoms with Crippen LogP contribution in [-0.2, 0) is 11.2 Å². The number of ether oxygens (including phenoxy) is 1. The second kappa shape index (κ2) is 13.0. The van der Waals surface area contributed by atoms with Crippen LogP contribution in [0.1, 0.15) is 22.3 Å². The molecule has 1 N–H and O–H groups in total. The molecular weight excluding hydrogens is 508 g/mol. The summed E-state index contributed by atoms with van der Waals surface area (Å²) in [6.45, 7) is -0.0687. The molecular formula is C30H25ClO5S. The van der Waals surface area contributed by atoms with Gasteiger partial charge in [-0.05, 0) is 78.1 Å². The Morgan fingerprint density at radius 3 is 2.03 bits per heavy atom. The summed E-state index contributed by atoms with van der Waals surface area (Å²) in [5, 5.41) is 9.60. The summed E-state index contributed by atoms with van der Waals surface area (Å²) in [5.41, 5.74) is 3.68. The Labute approximate surface area is 225 Å². The van der Waals surface area contributed by atoms with Gasteiger partial charge in [0.15, 0.2) is 12.4 Å². The monoisotopic (exact) mass is 532 g/mol. The fourth-order valence-corrected chi connectivity index (χ4v) is 4.34. The molecule has 5 nitrogen and oxygen atoms in total. The summed E-state index contributed by atoms with van der Waals surface area (Å²) in [6.07, 6.45) is 1.01. The van der Waals surface area contributed by atoms with Crippen LogP contribution in [0.2, 0.25) is 5.02 Å². The molecule has 7 heteroatoms. The minimum Gasteiger partial charge on any atom is -0.485 e. The van der Waals surface area contributed by atoms with E-state index in [4.69, 9.17) is 20.5 Å². The molecule has 188 valence electrons. The van der Waals surface area contributed by atoms with E-state index in [0.717, 1.165) is 28.7 Å². The van der Waals surface area contributed by atoms with Gasteiger partial charge in [-0.25, -0.2) is 0 Å². The average Bonchev–Trinajstić information content (AvgIpc) is 2.93. The molecule has 0 radical (unpaired) electrons. The van der Waals surface area contributed by atoms with Crippen LogP contribution in [0.4, 0.5) is 0 Å². The quantitative estimate of drug-likeness (QED) is 0.151. The molecule has 4 aromatic rings. The Balaban J connectivity index is 1.26. The van der Waals surface area contributed by atoms with Crippen molar-refractivity contribution < 1.29 is 23.6 Å². The van der Waals surface area contributed by atoms with Crippen molar-refractivity contribution in [2.24, 2.45) is 0 Å². The Kier molecular flexibility index (Phi) is 9.24. The summed E-state index contributed by atoms with van der Waals surface area (Å²) < 4.78 is 11.2. The molecule has 0 fully saturated rings. The van der Waals surface area contributed by atoms with E-state index in [1.807, 2.05) is 66.7 Å². The zero-order chi connectivity index (χ0) is 26.0. The van der Waals surface area contributed by atoms with Crippen LogP contribution in [0, 0.1) is 0 Å². The lowest BCUT2D eigenvalue weighted by atomic mass is 10.0.